The predicted octanol–water partition coefficient (Wildman–Crippen LogP) is -2.00. The van der Waals surface area contributed by atoms with Crippen molar-refractivity contribution in [2.45, 2.75) is 6.04 Å². The van der Waals surface area contributed by atoms with Crippen LogP contribution in [0.2, 0.25) is 0 Å². The third kappa shape index (κ3) is 0.883. The molecule has 0 bridgehead atoms. The molecule has 3 N–H and O–H groups in total. The van der Waals surface area contributed by atoms with Crippen LogP contribution in [-0.4, -0.2) is 23.9 Å². The third-order valence-electron chi connectivity index (χ3n) is 0.964. The van der Waals surface area contributed by atoms with Gasteiger partial charge in [0.1, 0.15) is 0 Å². The van der Waals surface area contributed by atoms with E-state index in [-0.39, 0.29) is 5.78 Å². The summed E-state index contributed by atoms with van der Waals surface area (Å²) in [7, 11) is 0. The normalized spacial score (nSPS) is 24.0. The molecule has 0 radical (unpaired) electrons. The average molecular weight is 127 g/mol. The van der Waals surface area contributed by atoms with Gasteiger partial charge >= 0.3 is 0 Å². The molecule has 0 aromatic carbocycles. The fraction of sp³-hybridized carbons (Fsp3) is 0.250. The van der Waals surface area contributed by atoms with E-state index in [2.05, 4.69) is 10.5 Å². The predicted molar refractivity (Wildman–Crippen MR) is 29.6 cm³/mol. The molecule has 0 saturated heterocycles. The van der Waals surface area contributed by atoms with Gasteiger partial charge in [-0.25, -0.2) is 0 Å². The van der Waals surface area contributed by atoms with Crippen molar-refractivity contribution in [1.29, 1.82) is 0 Å². The van der Waals surface area contributed by atoms with Crippen molar-refractivity contribution in [3.05, 3.63) is 0 Å². The van der Waals surface area contributed by atoms with Gasteiger partial charge in [-0.15, -0.1) is 0 Å². The standard InChI is InChI=1S/C4H5N3O2/c5-4(9)3-2(8)1-6-7-3/h1,3,7H,(H2,5,9). The zero-order chi connectivity index (χ0) is 6.85. The Kier molecular flexibility index (Phi) is 1.18. The zero-order valence-corrected chi connectivity index (χ0v) is 4.50. The van der Waals surface area contributed by atoms with Crippen LogP contribution in [0.15, 0.2) is 5.10 Å². The lowest BCUT2D eigenvalue weighted by atomic mass is 10.2. The van der Waals surface area contributed by atoms with E-state index in [9.17, 15) is 9.59 Å². The van der Waals surface area contributed by atoms with Crippen LogP contribution in [0.25, 0.3) is 0 Å². The first kappa shape index (κ1) is 5.74. The van der Waals surface area contributed by atoms with Crippen molar-refractivity contribution in [2.75, 3.05) is 0 Å². The Morgan fingerprint density at radius 3 is 2.78 bits per heavy atom. The lowest BCUT2D eigenvalue weighted by Gasteiger charge is -1.99. The maximum absolute atomic E-state index is 10.5. The van der Waals surface area contributed by atoms with Crippen molar-refractivity contribution >= 4 is 17.9 Å². The summed E-state index contributed by atoms with van der Waals surface area (Å²) in [6.45, 7) is 0. The lowest BCUT2D eigenvalue weighted by Crippen LogP contribution is -2.41. The highest BCUT2D eigenvalue weighted by atomic mass is 16.2. The van der Waals surface area contributed by atoms with Gasteiger partial charge < -0.3 is 5.73 Å². The van der Waals surface area contributed by atoms with Gasteiger partial charge in [-0.05, 0) is 0 Å². The second-order valence-electron chi connectivity index (χ2n) is 1.63. The van der Waals surface area contributed by atoms with E-state index >= 15 is 0 Å². The largest absolute Gasteiger partial charge is 0.367 e. The molecule has 5 heteroatoms. The van der Waals surface area contributed by atoms with Gasteiger partial charge in [0.2, 0.25) is 11.7 Å². The molecule has 48 valence electrons. The number of nitrogens with two attached hydrogens (primary N) is 1. The Bertz CT molecular complexity index is 186. The van der Waals surface area contributed by atoms with Crippen molar-refractivity contribution < 1.29 is 9.59 Å². The van der Waals surface area contributed by atoms with Gasteiger partial charge in [-0.2, -0.15) is 5.10 Å². The topological polar surface area (TPSA) is 84.6 Å². The first-order chi connectivity index (χ1) is 4.22. The molecule has 0 fully saturated rings. The van der Waals surface area contributed by atoms with Crippen molar-refractivity contribution in [3.63, 3.8) is 0 Å². The molecular formula is C4H5N3O2. The average Bonchev–Trinajstić information content (AvgIpc) is 2.13. The molecular weight excluding hydrogens is 122 g/mol. The number of ketones is 1. The number of nitrogens with one attached hydrogen (secondary N) is 1. The summed E-state index contributed by atoms with van der Waals surface area (Å²) in [5.74, 6) is -1.08. The van der Waals surface area contributed by atoms with Gasteiger partial charge in [-0.3, -0.25) is 15.0 Å². The van der Waals surface area contributed by atoms with Crippen LogP contribution in [0.3, 0.4) is 0 Å². The fourth-order valence-electron chi connectivity index (χ4n) is 0.517. The van der Waals surface area contributed by atoms with E-state index in [4.69, 9.17) is 5.73 Å². The third-order valence-corrected chi connectivity index (χ3v) is 0.964. The van der Waals surface area contributed by atoms with Gasteiger partial charge in [0, 0.05) is 0 Å². The number of carbonyl (C=O) groups excluding carboxylic acids is 2. The second-order valence-corrected chi connectivity index (χ2v) is 1.63. The Morgan fingerprint density at radius 1 is 1.89 bits per heavy atom. The molecule has 1 heterocycles. The van der Waals surface area contributed by atoms with Gasteiger partial charge in [0.25, 0.3) is 0 Å². The fourth-order valence-corrected chi connectivity index (χ4v) is 0.517. The van der Waals surface area contributed by atoms with Crippen LogP contribution in [-0.2, 0) is 9.59 Å². The summed E-state index contributed by atoms with van der Waals surface area (Å²) in [5.41, 5.74) is 7.04. The first-order valence-corrected chi connectivity index (χ1v) is 2.33. The minimum Gasteiger partial charge on any atom is -0.367 e. The van der Waals surface area contributed by atoms with Crippen LogP contribution in [0.4, 0.5) is 0 Å². The maximum Gasteiger partial charge on any atom is 0.249 e. The summed E-state index contributed by atoms with van der Waals surface area (Å²) in [5, 5.41) is 3.34. The Balaban J connectivity index is 2.66. The minimum absolute atomic E-state index is 0.387. The van der Waals surface area contributed by atoms with Crippen LogP contribution in [0.5, 0.6) is 0 Å². The molecule has 1 rings (SSSR count). The first-order valence-electron chi connectivity index (χ1n) is 2.33. The second kappa shape index (κ2) is 1.85. The number of nitrogens with zero attached hydrogens (tertiary/aromatic N) is 1. The van der Waals surface area contributed by atoms with E-state index in [1.165, 1.54) is 0 Å². The molecule has 1 aliphatic rings. The summed E-state index contributed by atoms with van der Waals surface area (Å²) in [6, 6.07) is -0.940. The molecule has 9 heavy (non-hydrogen) atoms. The number of carbonyl (C=O) groups is 2. The minimum atomic E-state index is -0.940. The maximum atomic E-state index is 10.5. The highest BCUT2D eigenvalue weighted by Gasteiger charge is 2.25. The summed E-state index contributed by atoms with van der Waals surface area (Å²) in [4.78, 5) is 20.8. The molecule has 0 aliphatic carbocycles. The van der Waals surface area contributed by atoms with Crippen molar-refractivity contribution in [3.8, 4) is 0 Å². The number of primary amides is 1. The highest BCUT2D eigenvalue weighted by molar-refractivity contribution is 6.36. The number of amides is 1. The highest BCUT2D eigenvalue weighted by Crippen LogP contribution is 1.88. The lowest BCUT2D eigenvalue weighted by molar-refractivity contribution is -0.125. The summed E-state index contributed by atoms with van der Waals surface area (Å²) >= 11 is 0. The van der Waals surface area contributed by atoms with Gasteiger partial charge in [-0.1, -0.05) is 0 Å². The number of hydrazone groups is 1. The number of hydrogen-bond acceptors (Lipinski definition) is 4. The number of hydrogen-bond donors (Lipinski definition) is 2. The molecule has 0 spiro atoms. The monoisotopic (exact) mass is 127 g/mol. The summed E-state index contributed by atoms with van der Waals surface area (Å²) in [6.07, 6.45) is 1.04. The Labute approximate surface area is 50.9 Å². The van der Waals surface area contributed by atoms with E-state index < -0.39 is 11.9 Å². The zero-order valence-electron chi connectivity index (χ0n) is 4.50. The summed E-state index contributed by atoms with van der Waals surface area (Å²) < 4.78 is 0. The molecule has 1 amide bonds. The van der Waals surface area contributed by atoms with Crippen LogP contribution < -0.4 is 11.2 Å². The van der Waals surface area contributed by atoms with Crippen molar-refractivity contribution in [1.82, 2.24) is 5.43 Å². The van der Waals surface area contributed by atoms with E-state index in [1.54, 1.807) is 0 Å². The van der Waals surface area contributed by atoms with E-state index in [1.807, 2.05) is 0 Å². The number of rotatable bonds is 1. The smallest absolute Gasteiger partial charge is 0.249 e. The molecule has 0 saturated carbocycles. The van der Waals surface area contributed by atoms with Crippen LogP contribution in [0, 0.1) is 0 Å². The molecule has 1 aliphatic heterocycles. The Morgan fingerprint density at radius 2 is 2.56 bits per heavy atom. The molecule has 0 aromatic rings. The van der Waals surface area contributed by atoms with Crippen LogP contribution in [0.1, 0.15) is 0 Å². The van der Waals surface area contributed by atoms with Gasteiger partial charge in [0.15, 0.2) is 6.04 Å². The van der Waals surface area contributed by atoms with E-state index in [0.29, 0.717) is 0 Å². The quantitative estimate of drug-likeness (QED) is 0.399. The molecule has 0 aromatic heterocycles. The molecule has 5 nitrogen and oxygen atoms in total. The molecule has 1 unspecified atom stereocenters. The Hall–Kier alpha value is -1.39. The van der Waals surface area contributed by atoms with Crippen LogP contribution >= 0.6 is 0 Å². The SMILES string of the molecule is NC(=O)C1NN=CC1=O. The van der Waals surface area contributed by atoms with E-state index in [0.717, 1.165) is 6.21 Å². The number of Topliss-reactive ketones (excluding diaryl/α,β-unsaturated/α-hetero) is 1. The van der Waals surface area contributed by atoms with Crippen molar-refractivity contribution in [2.24, 2.45) is 10.8 Å². The van der Waals surface area contributed by atoms with Gasteiger partial charge in [0.05, 0.1) is 6.21 Å². The molecule has 1 atom stereocenters.